The molecule has 1 heterocycles. The molecule has 0 aliphatic carbocycles. The molecule has 7 nitrogen and oxygen atoms in total. The lowest BCUT2D eigenvalue weighted by molar-refractivity contribution is 0.0527. The third kappa shape index (κ3) is 5.39. The molecular formula is C21H25N5O2. The first-order valence-electron chi connectivity index (χ1n) is 9.32. The van der Waals surface area contributed by atoms with E-state index in [2.05, 4.69) is 56.3 Å². The third-order valence-corrected chi connectivity index (χ3v) is 4.10. The second-order valence-electron chi connectivity index (χ2n) is 7.52. The number of carbonyl (C=O) groups excluding carboxylic acids is 1. The molecule has 0 saturated heterocycles. The van der Waals surface area contributed by atoms with E-state index in [-0.39, 0.29) is 6.09 Å². The molecule has 0 fully saturated rings. The van der Waals surface area contributed by atoms with Crippen molar-refractivity contribution >= 4 is 6.09 Å². The van der Waals surface area contributed by atoms with Crippen molar-refractivity contribution in [2.75, 3.05) is 6.54 Å². The molecule has 1 amide bonds. The molecule has 0 atom stereocenters. The number of ether oxygens (including phenoxy) is 1. The zero-order valence-corrected chi connectivity index (χ0v) is 16.4. The fourth-order valence-corrected chi connectivity index (χ4v) is 2.86. The summed E-state index contributed by atoms with van der Waals surface area (Å²) in [5, 5.41) is 16.9. The van der Waals surface area contributed by atoms with Gasteiger partial charge < -0.3 is 10.1 Å². The van der Waals surface area contributed by atoms with Gasteiger partial charge in [0.25, 0.3) is 0 Å². The maximum absolute atomic E-state index is 11.7. The average Bonchev–Trinajstić information content (AvgIpc) is 3.19. The van der Waals surface area contributed by atoms with Gasteiger partial charge in [0.05, 0.1) is 0 Å². The van der Waals surface area contributed by atoms with E-state index in [4.69, 9.17) is 4.74 Å². The summed E-state index contributed by atoms with van der Waals surface area (Å²) in [4.78, 5) is 11.7. The van der Waals surface area contributed by atoms with Gasteiger partial charge in [0.1, 0.15) is 5.60 Å². The van der Waals surface area contributed by atoms with Crippen LogP contribution < -0.4 is 5.32 Å². The summed E-state index contributed by atoms with van der Waals surface area (Å²) in [6, 6.07) is 16.4. The first-order valence-corrected chi connectivity index (χ1v) is 9.32. The molecule has 2 aromatic carbocycles. The van der Waals surface area contributed by atoms with Crippen molar-refractivity contribution in [1.29, 1.82) is 0 Å². The molecule has 1 aromatic heterocycles. The minimum atomic E-state index is -0.474. The summed E-state index contributed by atoms with van der Waals surface area (Å²) in [7, 11) is 0. The number of rotatable bonds is 6. The number of amides is 1. The third-order valence-electron chi connectivity index (χ3n) is 4.10. The van der Waals surface area contributed by atoms with Gasteiger partial charge in [0, 0.05) is 12.1 Å². The predicted octanol–water partition coefficient (Wildman–Crippen LogP) is 3.99. The van der Waals surface area contributed by atoms with Gasteiger partial charge in [-0.2, -0.15) is 0 Å². The van der Waals surface area contributed by atoms with Crippen LogP contribution in [0.4, 0.5) is 4.79 Å². The maximum atomic E-state index is 11.7. The van der Waals surface area contributed by atoms with E-state index < -0.39 is 5.60 Å². The number of carbonyl (C=O) groups is 1. The average molecular weight is 379 g/mol. The van der Waals surface area contributed by atoms with Crippen molar-refractivity contribution in [3.8, 4) is 22.5 Å². The molecule has 146 valence electrons. The lowest BCUT2D eigenvalue weighted by Crippen LogP contribution is -2.33. The van der Waals surface area contributed by atoms with Crippen LogP contribution in [0.3, 0.4) is 0 Å². The first kappa shape index (κ1) is 19.5. The highest BCUT2D eigenvalue weighted by atomic mass is 16.6. The topological polar surface area (TPSA) is 92.8 Å². The Labute approximate surface area is 164 Å². The van der Waals surface area contributed by atoms with E-state index in [0.29, 0.717) is 12.4 Å². The molecule has 3 rings (SSSR count). The highest BCUT2D eigenvalue weighted by Gasteiger charge is 2.15. The molecule has 28 heavy (non-hydrogen) atoms. The normalized spacial score (nSPS) is 11.2. The molecule has 0 unspecified atom stereocenters. The molecular weight excluding hydrogens is 354 g/mol. The van der Waals surface area contributed by atoms with E-state index in [0.717, 1.165) is 29.5 Å². The monoisotopic (exact) mass is 379 g/mol. The van der Waals surface area contributed by atoms with Gasteiger partial charge in [0.15, 0.2) is 5.82 Å². The summed E-state index contributed by atoms with van der Waals surface area (Å²) in [6.45, 7) is 6.14. The largest absolute Gasteiger partial charge is 0.444 e. The number of H-pyrrole nitrogens is 1. The number of nitrogens with zero attached hydrogens (tertiary/aromatic N) is 3. The SMILES string of the molecule is CC(C)(C)OC(=O)NCCCc1ccc(-c2ccccc2-c2nnn[nH]2)cc1. The highest BCUT2D eigenvalue weighted by Crippen LogP contribution is 2.29. The number of benzene rings is 2. The summed E-state index contributed by atoms with van der Waals surface area (Å²) < 4.78 is 5.23. The quantitative estimate of drug-likeness (QED) is 0.632. The van der Waals surface area contributed by atoms with E-state index >= 15 is 0 Å². The molecule has 0 spiro atoms. The van der Waals surface area contributed by atoms with E-state index in [9.17, 15) is 4.79 Å². The van der Waals surface area contributed by atoms with Crippen LogP contribution in [0.1, 0.15) is 32.8 Å². The van der Waals surface area contributed by atoms with Crippen molar-refractivity contribution in [2.45, 2.75) is 39.2 Å². The molecule has 0 saturated carbocycles. The zero-order chi connectivity index (χ0) is 20.0. The Morgan fingerprint density at radius 3 is 2.43 bits per heavy atom. The Morgan fingerprint density at radius 2 is 1.79 bits per heavy atom. The Hall–Kier alpha value is -3.22. The molecule has 2 N–H and O–H groups in total. The molecule has 3 aromatic rings. The van der Waals surface area contributed by atoms with Crippen molar-refractivity contribution in [1.82, 2.24) is 25.9 Å². The van der Waals surface area contributed by atoms with Crippen LogP contribution in [0.5, 0.6) is 0 Å². The smallest absolute Gasteiger partial charge is 0.407 e. The van der Waals surface area contributed by atoms with Crippen molar-refractivity contribution in [2.24, 2.45) is 0 Å². The summed E-state index contributed by atoms with van der Waals surface area (Å²) in [6.07, 6.45) is 1.35. The number of hydrogen-bond donors (Lipinski definition) is 2. The number of aromatic nitrogens is 4. The molecule has 0 bridgehead atoms. The Morgan fingerprint density at radius 1 is 1.07 bits per heavy atom. The van der Waals surface area contributed by atoms with Crippen molar-refractivity contribution in [3.63, 3.8) is 0 Å². The van der Waals surface area contributed by atoms with Gasteiger partial charge in [-0.25, -0.2) is 9.89 Å². The van der Waals surface area contributed by atoms with Crippen LogP contribution >= 0.6 is 0 Å². The lowest BCUT2D eigenvalue weighted by atomic mass is 9.97. The van der Waals surface area contributed by atoms with Gasteiger partial charge in [0.2, 0.25) is 0 Å². The minimum absolute atomic E-state index is 0.374. The number of nitrogens with one attached hydrogen (secondary N) is 2. The van der Waals surface area contributed by atoms with Crippen LogP contribution in [0.25, 0.3) is 22.5 Å². The van der Waals surface area contributed by atoms with Crippen LogP contribution in [0, 0.1) is 0 Å². The Kier molecular flexibility index (Phi) is 6.03. The standard InChI is InChI=1S/C21H25N5O2/c1-21(2,3)28-20(27)22-14-6-7-15-10-12-16(13-11-15)17-8-4-5-9-18(17)19-23-25-26-24-19/h4-5,8-13H,6-7,14H2,1-3H3,(H,22,27)(H,23,24,25,26). The van der Waals surface area contributed by atoms with E-state index in [1.165, 1.54) is 5.56 Å². The first-order chi connectivity index (χ1) is 13.4. The fourth-order valence-electron chi connectivity index (χ4n) is 2.86. The fraction of sp³-hybridized carbons (Fsp3) is 0.333. The Bertz CT molecular complexity index is 899. The molecule has 0 aliphatic heterocycles. The minimum Gasteiger partial charge on any atom is -0.444 e. The van der Waals surface area contributed by atoms with Gasteiger partial charge in [-0.1, -0.05) is 48.5 Å². The Balaban J connectivity index is 1.57. The maximum Gasteiger partial charge on any atom is 0.407 e. The van der Waals surface area contributed by atoms with E-state index in [1.807, 2.05) is 39.0 Å². The summed E-state index contributed by atoms with van der Waals surface area (Å²) >= 11 is 0. The van der Waals surface area contributed by atoms with E-state index in [1.54, 1.807) is 0 Å². The van der Waals surface area contributed by atoms with Crippen LogP contribution in [0.2, 0.25) is 0 Å². The lowest BCUT2D eigenvalue weighted by Gasteiger charge is -2.19. The number of aryl methyl sites for hydroxylation is 1. The number of alkyl carbamates (subject to hydrolysis) is 1. The number of aromatic amines is 1. The second-order valence-corrected chi connectivity index (χ2v) is 7.52. The van der Waals surface area contributed by atoms with Crippen LogP contribution in [0.15, 0.2) is 48.5 Å². The van der Waals surface area contributed by atoms with Gasteiger partial charge >= 0.3 is 6.09 Å². The number of hydrogen-bond acceptors (Lipinski definition) is 5. The second kappa shape index (κ2) is 8.65. The summed E-state index contributed by atoms with van der Waals surface area (Å²) in [5.74, 6) is 0.646. The zero-order valence-electron chi connectivity index (χ0n) is 16.4. The van der Waals surface area contributed by atoms with Crippen LogP contribution in [-0.4, -0.2) is 38.9 Å². The van der Waals surface area contributed by atoms with Gasteiger partial charge in [-0.3, -0.25) is 0 Å². The predicted molar refractivity (Wildman–Crippen MR) is 108 cm³/mol. The van der Waals surface area contributed by atoms with Gasteiger partial charge in [-0.15, -0.1) is 5.10 Å². The molecule has 7 heteroatoms. The highest BCUT2D eigenvalue weighted by molar-refractivity contribution is 5.80. The van der Waals surface area contributed by atoms with Crippen LogP contribution in [-0.2, 0) is 11.2 Å². The molecule has 0 aliphatic rings. The molecule has 0 radical (unpaired) electrons. The van der Waals surface area contributed by atoms with Crippen molar-refractivity contribution < 1.29 is 9.53 Å². The number of tetrazole rings is 1. The summed E-state index contributed by atoms with van der Waals surface area (Å²) in [5.41, 5.74) is 3.87. The van der Waals surface area contributed by atoms with Gasteiger partial charge in [-0.05, 0) is 60.7 Å². The van der Waals surface area contributed by atoms with Crippen molar-refractivity contribution in [3.05, 3.63) is 54.1 Å².